The first kappa shape index (κ1) is 15.8. The summed E-state index contributed by atoms with van der Waals surface area (Å²) in [6.45, 7) is 9.97. The van der Waals surface area contributed by atoms with E-state index in [1.54, 1.807) is 0 Å². The molecule has 0 radical (unpaired) electrons. The van der Waals surface area contributed by atoms with Crippen molar-refractivity contribution >= 4 is 23.2 Å². The highest BCUT2D eigenvalue weighted by Gasteiger charge is 2.23. The smallest absolute Gasteiger partial charge is 0.0595 e. The van der Waals surface area contributed by atoms with Crippen LogP contribution in [0.1, 0.15) is 39.7 Å². The minimum atomic E-state index is 0.270. The second-order valence-corrected chi connectivity index (χ2v) is 6.58. The van der Waals surface area contributed by atoms with Gasteiger partial charge in [-0.05, 0) is 42.5 Å². The molecule has 1 unspecified atom stereocenters. The Morgan fingerprint density at radius 2 is 1.83 bits per heavy atom. The van der Waals surface area contributed by atoms with Gasteiger partial charge in [0.2, 0.25) is 0 Å². The van der Waals surface area contributed by atoms with E-state index < -0.39 is 0 Å². The number of nitrogens with one attached hydrogen (secondary N) is 1. The molecular weight excluding hydrogens is 265 g/mol. The molecule has 0 aromatic heterocycles. The number of aryl methyl sites for hydroxylation is 1. The Morgan fingerprint density at radius 3 is 2.33 bits per heavy atom. The van der Waals surface area contributed by atoms with Crippen molar-refractivity contribution in [3.63, 3.8) is 0 Å². The first-order valence-corrected chi connectivity index (χ1v) is 7.27. The lowest BCUT2D eigenvalue weighted by Crippen LogP contribution is -2.40. The highest BCUT2D eigenvalue weighted by Crippen LogP contribution is 2.26. The van der Waals surface area contributed by atoms with E-state index in [-0.39, 0.29) is 5.41 Å². The van der Waals surface area contributed by atoms with E-state index in [9.17, 15) is 0 Å². The predicted molar refractivity (Wildman–Crippen MR) is 81.7 cm³/mol. The van der Waals surface area contributed by atoms with Crippen molar-refractivity contribution in [2.75, 3.05) is 6.54 Å². The van der Waals surface area contributed by atoms with Gasteiger partial charge in [0.1, 0.15) is 0 Å². The van der Waals surface area contributed by atoms with Crippen LogP contribution in [0.3, 0.4) is 0 Å². The summed E-state index contributed by atoms with van der Waals surface area (Å²) in [6.07, 6.45) is 2.13. The minimum absolute atomic E-state index is 0.270. The van der Waals surface area contributed by atoms with Gasteiger partial charge in [0.15, 0.2) is 0 Å². The first-order valence-electron chi connectivity index (χ1n) is 6.52. The highest BCUT2D eigenvalue weighted by atomic mass is 35.5. The molecule has 0 saturated carbocycles. The van der Waals surface area contributed by atoms with E-state index in [2.05, 4.69) is 39.1 Å². The number of halogens is 2. The molecule has 18 heavy (non-hydrogen) atoms. The van der Waals surface area contributed by atoms with Crippen molar-refractivity contribution in [3.8, 4) is 0 Å². The van der Waals surface area contributed by atoms with E-state index in [1.807, 2.05) is 12.1 Å². The first-order chi connectivity index (χ1) is 8.34. The van der Waals surface area contributed by atoms with Crippen molar-refractivity contribution in [2.45, 2.75) is 46.6 Å². The molecule has 1 rings (SSSR count). The van der Waals surface area contributed by atoms with E-state index in [0.29, 0.717) is 16.1 Å². The third kappa shape index (κ3) is 4.79. The molecule has 1 N–H and O–H groups in total. The van der Waals surface area contributed by atoms with Gasteiger partial charge in [-0.3, -0.25) is 0 Å². The number of hydrogen-bond donors (Lipinski definition) is 1. The summed E-state index contributed by atoms with van der Waals surface area (Å²) in [7, 11) is 0. The molecule has 3 heteroatoms. The number of rotatable bonds is 5. The van der Waals surface area contributed by atoms with Gasteiger partial charge in [-0.15, -0.1) is 0 Å². The summed E-state index contributed by atoms with van der Waals surface area (Å²) >= 11 is 12.0. The van der Waals surface area contributed by atoms with E-state index in [4.69, 9.17) is 23.2 Å². The third-order valence-electron chi connectivity index (χ3n) is 3.20. The van der Waals surface area contributed by atoms with Gasteiger partial charge < -0.3 is 5.32 Å². The van der Waals surface area contributed by atoms with Crippen molar-refractivity contribution in [2.24, 2.45) is 5.41 Å². The second kappa shape index (κ2) is 6.79. The van der Waals surface area contributed by atoms with Gasteiger partial charge in [0.25, 0.3) is 0 Å². The molecule has 0 heterocycles. The zero-order valence-corrected chi connectivity index (χ0v) is 13.2. The van der Waals surface area contributed by atoms with Crippen LogP contribution in [-0.4, -0.2) is 12.6 Å². The fourth-order valence-electron chi connectivity index (χ4n) is 2.09. The van der Waals surface area contributed by atoms with Gasteiger partial charge in [-0.1, -0.05) is 57.0 Å². The molecule has 0 aliphatic heterocycles. The SMILES string of the molecule is CCNC(CCc1ccc(Cl)c(Cl)c1)C(C)(C)C. The molecule has 0 fully saturated rings. The van der Waals surface area contributed by atoms with Crippen LogP contribution in [0, 0.1) is 5.41 Å². The average molecular weight is 288 g/mol. The molecule has 1 aromatic rings. The maximum absolute atomic E-state index is 6.03. The largest absolute Gasteiger partial charge is 0.314 e. The number of benzene rings is 1. The standard InChI is InChI=1S/C15H23Cl2N/c1-5-18-14(15(2,3)4)9-7-11-6-8-12(16)13(17)10-11/h6,8,10,14,18H,5,7,9H2,1-4H3. The lowest BCUT2D eigenvalue weighted by Gasteiger charge is -2.31. The van der Waals surface area contributed by atoms with Gasteiger partial charge in [0.05, 0.1) is 10.0 Å². The maximum atomic E-state index is 6.03. The van der Waals surface area contributed by atoms with Crippen LogP contribution in [0.15, 0.2) is 18.2 Å². The van der Waals surface area contributed by atoms with Crippen LogP contribution >= 0.6 is 23.2 Å². The van der Waals surface area contributed by atoms with Gasteiger partial charge >= 0.3 is 0 Å². The normalized spacial score (nSPS) is 13.7. The van der Waals surface area contributed by atoms with Crippen molar-refractivity contribution in [1.82, 2.24) is 5.32 Å². The quantitative estimate of drug-likeness (QED) is 0.808. The van der Waals surface area contributed by atoms with Crippen molar-refractivity contribution in [1.29, 1.82) is 0 Å². The van der Waals surface area contributed by atoms with Crippen LogP contribution < -0.4 is 5.32 Å². The summed E-state index contributed by atoms with van der Waals surface area (Å²) in [5.41, 5.74) is 1.52. The summed E-state index contributed by atoms with van der Waals surface area (Å²) in [4.78, 5) is 0. The molecule has 0 amide bonds. The van der Waals surface area contributed by atoms with Crippen LogP contribution in [0.2, 0.25) is 10.0 Å². The predicted octanol–water partition coefficient (Wildman–Crippen LogP) is 4.95. The monoisotopic (exact) mass is 287 g/mol. The highest BCUT2D eigenvalue weighted by molar-refractivity contribution is 6.42. The Labute approximate surface area is 121 Å². The molecule has 102 valence electrons. The van der Waals surface area contributed by atoms with Gasteiger partial charge in [-0.2, -0.15) is 0 Å². The molecular formula is C15H23Cl2N. The molecule has 0 aliphatic rings. The molecule has 0 bridgehead atoms. The molecule has 1 nitrogen and oxygen atoms in total. The van der Waals surface area contributed by atoms with Crippen LogP contribution in [-0.2, 0) is 6.42 Å². The zero-order valence-electron chi connectivity index (χ0n) is 11.7. The Kier molecular flexibility index (Phi) is 5.97. The van der Waals surface area contributed by atoms with Crippen LogP contribution in [0.4, 0.5) is 0 Å². The fraction of sp³-hybridized carbons (Fsp3) is 0.600. The van der Waals surface area contributed by atoms with Crippen LogP contribution in [0.25, 0.3) is 0 Å². The van der Waals surface area contributed by atoms with Gasteiger partial charge in [0, 0.05) is 6.04 Å². The summed E-state index contributed by atoms with van der Waals surface area (Å²) in [5, 5.41) is 4.83. The Hall–Kier alpha value is -0.240. The van der Waals surface area contributed by atoms with Gasteiger partial charge in [-0.25, -0.2) is 0 Å². The summed E-state index contributed by atoms with van der Waals surface area (Å²) in [5.74, 6) is 0. The Morgan fingerprint density at radius 1 is 1.17 bits per heavy atom. The fourth-order valence-corrected chi connectivity index (χ4v) is 2.41. The summed E-state index contributed by atoms with van der Waals surface area (Å²) < 4.78 is 0. The zero-order chi connectivity index (χ0) is 13.8. The second-order valence-electron chi connectivity index (χ2n) is 5.76. The van der Waals surface area contributed by atoms with E-state index in [0.717, 1.165) is 19.4 Å². The van der Waals surface area contributed by atoms with Crippen LogP contribution in [0.5, 0.6) is 0 Å². The maximum Gasteiger partial charge on any atom is 0.0595 e. The van der Waals surface area contributed by atoms with Crippen molar-refractivity contribution < 1.29 is 0 Å². The van der Waals surface area contributed by atoms with E-state index >= 15 is 0 Å². The molecule has 1 aromatic carbocycles. The summed E-state index contributed by atoms with van der Waals surface area (Å²) in [6, 6.07) is 6.41. The Bertz CT molecular complexity index is 383. The minimum Gasteiger partial charge on any atom is -0.314 e. The molecule has 0 aliphatic carbocycles. The lowest BCUT2D eigenvalue weighted by atomic mass is 9.83. The topological polar surface area (TPSA) is 12.0 Å². The number of hydrogen-bond acceptors (Lipinski definition) is 1. The third-order valence-corrected chi connectivity index (χ3v) is 3.94. The average Bonchev–Trinajstić information content (AvgIpc) is 2.27. The Balaban J connectivity index is 2.64. The van der Waals surface area contributed by atoms with Crippen molar-refractivity contribution in [3.05, 3.63) is 33.8 Å². The molecule has 0 spiro atoms. The molecule has 0 saturated heterocycles. The lowest BCUT2D eigenvalue weighted by molar-refractivity contribution is 0.258. The van der Waals surface area contributed by atoms with E-state index in [1.165, 1.54) is 5.56 Å². The molecule has 1 atom stereocenters.